The molecule has 0 bridgehead atoms. The molecular weight excluding hydrogens is 282 g/mol. The number of hydrogen-bond donors (Lipinski definition) is 1. The van der Waals surface area contributed by atoms with Crippen LogP contribution in [0.15, 0.2) is 72.8 Å². The summed E-state index contributed by atoms with van der Waals surface area (Å²) in [5.74, 6) is 0.146. The van der Waals surface area contributed by atoms with Crippen molar-refractivity contribution in [3.05, 3.63) is 83.9 Å². The molecule has 1 N–H and O–H groups in total. The van der Waals surface area contributed by atoms with Crippen molar-refractivity contribution in [3.8, 4) is 0 Å². The van der Waals surface area contributed by atoms with Crippen LogP contribution in [0, 0.1) is 0 Å². The Hall–Kier alpha value is -1.90. The number of aliphatic hydroxyl groups is 1. The minimum Gasteiger partial charge on any atom is -0.396 e. The third kappa shape index (κ3) is 3.54. The van der Waals surface area contributed by atoms with Crippen molar-refractivity contribution in [2.45, 2.75) is 31.3 Å². The lowest BCUT2D eigenvalue weighted by molar-refractivity contribution is 0.105. The predicted molar refractivity (Wildman–Crippen MR) is 95.4 cm³/mol. The highest BCUT2D eigenvalue weighted by atomic mass is 16.3. The fourth-order valence-electron chi connectivity index (χ4n) is 3.62. The van der Waals surface area contributed by atoms with Gasteiger partial charge in [0.2, 0.25) is 0 Å². The first-order valence-electron chi connectivity index (χ1n) is 8.42. The SMILES string of the molecule is C[C@@H](c1ccccc1)N1CC=CC[C@@H]1[C@@H](CO)c1ccccc1. The van der Waals surface area contributed by atoms with Crippen LogP contribution in [0.25, 0.3) is 0 Å². The third-order valence-corrected chi connectivity index (χ3v) is 4.95. The second-order valence-corrected chi connectivity index (χ2v) is 6.26. The van der Waals surface area contributed by atoms with Crippen LogP contribution < -0.4 is 0 Å². The highest BCUT2D eigenvalue weighted by molar-refractivity contribution is 5.24. The van der Waals surface area contributed by atoms with Crippen molar-refractivity contribution < 1.29 is 5.11 Å². The molecule has 1 aliphatic rings. The molecule has 0 fully saturated rings. The zero-order valence-corrected chi connectivity index (χ0v) is 13.7. The molecule has 2 nitrogen and oxygen atoms in total. The van der Waals surface area contributed by atoms with Crippen LogP contribution >= 0.6 is 0 Å². The second kappa shape index (κ2) is 7.58. The Balaban J connectivity index is 1.88. The van der Waals surface area contributed by atoms with E-state index in [2.05, 4.69) is 78.6 Å². The molecular formula is C21H25NO. The summed E-state index contributed by atoms with van der Waals surface area (Å²) in [6, 6.07) is 21.7. The van der Waals surface area contributed by atoms with Gasteiger partial charge in [0.05, 0.1) is 6.61 Å². The number of benzene rings is 2. The van der Waals surface area contributed by atoms with Crippen LogP contribution in [0.1, 0.15) is 36.4 Å². The molecule has 2 aromatic carbocycles. The van der Waals surface area contributed by atoms with Gasteiger partial charge in [0, 0.05) is 24.5 Å². The molecule has 3 atom stereocenters. The molecule has 0 aliphatic carbocycles. The zero-order valence-electron chi connectivity index (χ0n) is 13.7. The Bertz CT molecular complexity index is 623. The average molecular weight is 307 g/mol. The monoisotopic (exact) mass is 307 g/mol. The van der Waals surface area contributed by atoms with Crippen molar-refractivity contribution in [2.24, 2.45) is 0 Å². The van der Waals surface area contributed by atoms with Crippen molar-refractivity contribution in [1.82, 2.24) is 4.90 Å². The Morgan fingerprint density at radius 1 is 0.957 bits per heavy atom. The van der Waals surface area contributed by atoms with Crippen LogP contribution in [0.2, 0.25) is 0 Å². The van der Waals surface area contributed by atoms with Crippen molar-refractivity contribution in [1.29, 1.82) is 0 Å². The van der Waals surface area contributed by atoms with Crippen LogP contribution in [0.3, 0.4) is 0 Å². The molecule has 3 rings (SSSR count). The summed E-state index contributed by atoms with van der Waals surface area (Å²) < 4.78 is 0. The normalized spacial score (nSPS) is 21.0. The number of rotatable bonds is 5. The van der Waals surface area contributed by atoms with E-state index in [1.165, 1.54) is 11.1 Å². The van der Waals surface area contributed by atoms with Gasteiger partial charge in [0.15, 0.2) is 0 Å². The second-order valence-electron chi connectivity index (χ2n) is 6.26. The first-order chi connectivity index (χ1) is 11.3. The molecule has 1 heterocycles. The summed E-state index contributed by atoms with van der Waals surface area (Å²) in [6.07, 6.45) is 5.48. The van der Waals surface area contributed by atoms with Crippen LogP contribution in [-0.2, 0) is 0 Å². The Morgan fingerprint density at radius 3 is 2.17 bits per heavy atom. The van der Waals surface area contributed by atoms with E-state index in [9.17, 15) is 5.11 Å². The highest BCUT2D eigenvalue weighted by Gasteiger charge is 2.31. The minimum absolute atomic E-state index is 0.146. The summed E-state index contributed by atoms with van der Waals surface area (Å²) in [7, 11) is 0. The van der Waals surface area contributed by atoms with E-state index in [4.69, 9.17) is 0 Å². The van der Waals surface area contributed by atoms with E-state index < -0.39 is 0 Å². The average Bonchev–Trinajstić information content (AvgIpc) is 2.64. The maximum atomic E-state index is 10.1. The van der Waals surface area contributed by atoms with Crippen molar-refractivity contribution >= 4 is 0 Å². The first kappa shape index (κ1) is 16.0. The van der Waals surface area contributed by atoms with Crippen molar-refractivity contribution in [2.75, 3.05) is 13.2 Å². The topological polar surface area (TPSA) is 23.5 Å². The van der Waals surface area contributed by atoms with Crippen LogP contribution in [-0.4, -0.2) is 29.2 Å². The number of aliphatic hydroxyl groups excluding tert-OH is 1. The van der Waals surface area contributed by atoms with Gasteiger partial charge in [-0.25, -0.2) is 0 Å². The van der Waals surface area contributed by atoms with Gasteiger partial charge in [-0.15, -0.1) is 0 Å². The molecule has 23 heavy (non-hydrogen) atoms. The smallest absolute Gasteiger partial charge is 0.0514 e. The van der Waals surface area contributed by atoms with Crippen LogP contribution in [0.4, 0.5) is 0 Å². The van der Waals surface area contributed by atoms with Gasteiger partial charge in [-0.2, -0.15) is 0 Å². The highest BCUT2D eigenvalue weighted by Crippen LogP contribution is 2.33. The fraction of sp³-hybridized carbons (Fsp3) is 0.333. The molecule has 0 unspecified atom stereocenters. The van der Waals surface area contributed by atoms with Gasteiger partial charge < -0.3 is 5.11 Å². The number of hydrogen-bond acceptors (Lipinski definition) is 2. The summed E-state index contributed by atoms with van der Waals surface area (Å²) in [4.78, 5) is 2.52. The maximum Gasteiger partial charge on any atom is 0.0514 e. The molecule has 2 heteroatoms. The molecule has 120 valence electrons. The van der Waals surface area contributed by atoms with Crippen LogP contribution in [0.5, 0.6) is 0 Å². The summed E-state index contributed by atoms with van der Waals surface area (Å²) in [5.41, 5.74) is 2.55. The van der Waals surface area contributed by atoms with Gasteiger partial charge in [-0.05, 0) is 24.5 Å². The van der Waals surface area contributed by atoms with Crippen molar-refractivity contribution in [3.63, 3.8) is 0 Å². The Morgan fingerprint density at radius 2 is 1.57 bits per heavy atom. The molecule has 0 spiro atoms. The molecule has 0 saturated heterocycles. The Labute approximate surface area is 139 Å². The third-order valence-electron chi connectivity index (χ3n) is 4.95. The fourth-order valence-corrected chi connectivity index (χ4v) is 3.62. The van der Waals surface area contributed by atoms with Gasteiger partial charge in [-0.3, -0.25) is 4.90 Å². The quantitative estimate of drug-likeness (QED) is 0.839. The van der Waals surface area contributed by atoms with E-state index in [0.717, 1.165) is 13.0 Å². The molecule has 0 radical (unpaired) electrons. The summed E-state index contributed by atoms with van der Waals surface area (Å²) in [5, 5.41) is 10.1. The largest absolute Gasteiger partial charge is 0.396 e. The lowest BCUT2D eigenvalue weighted by Gasteiger charge is -2.41. The lowest BCUT2D eigenvalue weighted by atomic mass is 9.86. The Kier molecular flexibility index (Phi) is 5.27. The summed E-state index contributed by atoms with van der Waals surface area (Å²) in [6.45, 7) is 3.38. The maximum absolute atomic E-state index is 10.1. The molecule has 2 aromatic rings. The van der Waals surface area contributed by atoms with Gasteiger partial charge >= 0.3 is 0 Å². The standard InChI is InChI=1S/C21H25NO/c1-17(18-10-4-2-5-11-18)22-15-9-8-14-21(22)20(16-23)19-12-6-3-7-13-19/h2-13,17,20-21,23H,14-16H2,1H3/t17-,20-,21+/m0/s1. The zero-order chi connectivity index (χ0) is 16.1. The molecule has 0 amide bonds. The van der Waals surface area contributed by atoms with Gasteiger partial charge in [-0.1, -0.05) is 72.8 Å². The lowest BCUT2D eigenvalue weighted by Crippen LogP contribution is -2.44. The summed E-state index contributed by atoms with van der Waals surface area (Å²) >= 11 is 0. The molecule has 0 aromatic heterocycles. The van der Waals surface area contributed by atoms with Gasteiger partial charge in [0.25, 0.3) is 0 Å². The van der Waals surface area contributed by atoms with E-state index in [-0.39, 0.29) is 12.5 Å². The van der Waals surface area contributed by atoms with E-state index in [0.29, 0.717) is 12.1 Å². The van der Waals surface area contributed by atoms with Gasteiger partial charge in [0.1, 0.15) is 0 Å². The molecule has 1 aliphatic heterocycles. The minimum atomic E-state index is 0.146. The van der Waals surface area contributed by atoms with E-state index in [1.54, 1.807) is 0 Å². The molecule has 0 saturated carbocycles. The number of nitrogens with zero attached hydrogens (tertiary/aromatic N) is 1. The van der Waals surface area contributed by atoms with E-state index in [1.807, 2.05) is 6.07 Å². The first-order valence-corrected chi connectivity index (χ1v) is 8.42. The van der Waals surface area contributed by atoms with E-state index >= 15 is 0 Å². The predicted octanol–water partition coefficient (Wildman–Crippen LogP) is 4.15.